The van der Waals surface area contributed by atoms with Crippen molar-refractivity contribution in [3.8, 4) is 0 Å². The SMILES string of the molecule is Cc1ccc(C(=O)NC(c2ccccc2)c2ccncc2)cc1S(=O)(=O)NCc1ccccc1. The van der Waals surface area contributed by atoms with Gasteiger partial charge in [-0.25, -0.2) is 13.1 Å². The quantitative estimate of drug-likeness (QED) is 0.399. The average molecular weight is 472 g/mol. The fraction of sp³-hybridized carbons (Fsp3) is 0.111. The summed E-state index contributed by atoms with van der Waals surface area (Å²) in [6.07, 6.45) is 3.35. The van der Waals surface area contributed by atoms with Crippen molar-refractivity contribution in [3.63, 3.8) is 0 Å². The normalized spacial score (nSPS) is 12.1. The number of carbonyl (C=O) groups is 1. The first-order valence-electron chi connectivity index (χ1n) is 10.8. The lowest BCUT2D eigenvalue weighted by atomic mass is 9.99. The molecule has 0 saturated heterocycles. The summed E-state index contributed by atoms with van der Waals surface area (Å²) in [5.74, 6) is -0.370. The molecule has 0 saturated carbocycles. The highest BCUT2D eigenvalue weighted by molar-refractivity contribution is 7.89. The number of aromatic nitrogens is 1. The number of aryl methyl sites for hydroxylation is 1. The molecule has 2 N–H and O–H groups in total. The lowest BCUT2D eigenvalue weighted by molar-refractivity contribution is 0.0942. The van der Waals surface area contributed by atoms with Gasteiger partial charge in [0, 0.05) is 24.5 Å². The zero-order valence-corrected chi connectivity index (χ0v) is 19.5. The van der Waals surface area contributed by atoms with Crippen molar-refractivity contribution in [2.75, 3.05) is 0 Å². The average Bonchev–Trinajstić information content (AvgIpc) is 2.88. The Morgan fingerprint density at radius 1 is 0.853 bits per heavy atom. The highest BCUT2D eigenvalue weighted by atomic mass is 32.2. The van der Waals surface area contributed by atoms with Gasteiger partial charge in [0.25, 0.3) is 5.91 Å². The summed E-state index contributed by atoms with van der Waals surface area (Å²) < 4.78 is 28.7. The van der Waals surface area contributed by atoms with Gasteiger partial charge in [-0.05, 0) is 53.4 Å². The van der Waals surface area contributed by atoms with Gasteiger partial charge >= 0.3 is 0 Å². The summed E-state index contributed by atoms with van der Waals surface area (Å²) in [6, 6.07) is 26.9. The van der Waals surface area contributed by atoms with Gasteiger partial charge in [0.1, 0.15) is 0 Å². The van der Waals surface area contributed by atoms with E-state index < -0.39 is 16.1 Å². The lowest BCUT2D eigenvalue weighted by Gasteiger charge is -2.20. The first-order valence-corrected chi connectivity index (χ1v) is 12.3. The van der Waals surface area contributed by atoms with E-state index >= 15 is 0 Å². The molecule has 7 heteroatoms. The number of amides is 1. The summed E-state index contributed by atoms with van der Waals surface area (Å²) >= 11 is 0. The first-order chi connectivity index (χ1) is 16.4. The van der Waals surface area contributed by atoms with Crippen LogP contribution in [0.5, 0.6) is 0 Å². The zero-order valence-electron chi connectivity index (χ0n) is 18.7. The zero-order chi connectivity index (χ0) is 24.0. The van der Waals surface area contributed by atoms with E-state index in [1.807, 2.05) is 72.8 Å². The Morgan fingerprint density at radius 3 is 2.15 bits per heavy atom. The van der Waals surface area contributed by atoms with Crippen molar-refractivity contribution in [2.45, 2.75) is 24.4 Å². The van der Waals surface area contributed by atoms with E-state index in [4.69, 9.17) is 0 Å². The lowest BCUT2D eigenvalue weighted by Crippen LogP contribution is -2.30. The minimum atomic E-state index is -3.82. The number of nitrogens with one attached hydrogen (secondary N) is 2. The topological polar surface area (TPSA) is 88.2 Å². The molecule has 0 aliphatic rings. The van der Waals surface area contributed by atoms with E-state index in [9.17, 15) is 13.2 Å². The highest BCUT2D eigenvalue weighted by Gasteiger charge is 2.22. The van der Waals surface area contributed by atoms with Crippen LogP contribution >= 0.6 is 0 Å². The number of carbonyl (C=O) groups excluding carboxylic acids is 1. The van der Waals surface area contributed by atoms with Crippen LogP contribution in [0, 0.1) is 6.92 Å². The Balaban J connectivity index is 1.59. The van der Waals surface area contributed by atoms with Crippen molar-refractivity contribution in [3.05, 3.63) is 131 Å². The predicted octanol–water partition coefficient (Wildman–Crippen LogP) is 4.39. The van der Waals surface area contributed by atoms with Crippen molar-refractivity contribution in [1.29, 1.82) is 0 Å². The van der Waals surface area contributed by atoms with E-state index in [0.717, 1.165) is 16.7 Å². The van der Waals surface area contributed by atoms with Crippen LogP contribution in [0.25, 0.3) is 0 Å². The van der Waals surface area contributed by atoms with Crippen LogP contribution in [0.2, 0.25) is 0 Å². The minimum absolute atomic E-state index is 0.0799. The monoisotopic (exact) mass is 471 g/mol. The van der Waals surface area contributed by atoms with Crippen LogP contribution in [0.1, 0.15) is 38.7 Å². The summed E-state index contributed by atoms with van der Waals surface area (Å²) in [5, 5.41) is 3.04. The molecule has 0 fully saturated rings. The maximum atomic E-state index is 13.2. The van der Waals surface area contributed by atoms with Crippen molar-refractivity contribution in [1.82, 2.24) is 15.0 Å². The second kappa shape index (κ2) is 10.4. The van der Waals surface area contributed by atoms with Gasteiger partial charge in [-0.1, -0.05) is 66.7 Å². The third-order valence-corrected chi connectivity index (χ3v) is 7.04. The molecule has 4 rings (SSSR count). The number of sulfonamides is 1. The van der Waals surface area contributed by atoms with Gasteiger partial charge in [0.2, 0.25) is 10.0 Å². The molecule has 0 aliphatic carbocycles. The molecular weight excluding hydrogens is 446 g/mol. The van der Waals surface area contributed by atoms with Gasteiger partial charge in [0.15, 0.2) is 0 Å². The molecule has 172 valence electrons. The first kappa shape index (κ1) is 23.4. The standard InChI is InChI=1S/C27H25N3O3S/c1-20-12-13-24(18-25(20)34(32,33)29-19-21-8-4-2-5-9-21)27(31)30-26(22-10-6-3-7-11-22)23-14-16-28-17-15-23/h2-18,26,29H,19H2,1H3,(H,30,31). The Morgan fingerprint density at radius 2 is 1.47 bits per heavy atom. The van der Waals surface area contributed by atoms with E-state index in [0.29, 0.717) is 5.56 Å². The van der Waals surface area contributed by atoms with Gasteiger partial charge in [-0.2, -0.15) is 0 Å². The molecule has 0 aliphatic heterocycles. The molecule has 1 aromatic heterocycles. The number of rotatable bonds is 8. The number of pyridine rings is 1. The van der Waals surface area contributed by atoms with Crippen LogP contribution in [0.4, 0.5) is 0 Å². The van der Waals surface area contributed by atoms with Gasteiger partial charge < -0.3 is 5.32 Å². The Bertz CT molecular complexity index is 1320. The maximum absolute atomic E-state index is 13.2. The van der Waals surface area contributed by atoms with Crippen LogP contribution < -0.4 is 10.0 Å². The molecule has 6 nitrogen and oxygen atoms in total. The maximum Gasteiger partial charge on any atom is 0.252 e. The Kier molecular flexibility index (Phi) is 7.15. The fourth-order valence-corrected chi connectivity index (χ4v) is 4.94. The van der Waals surface area contributed by atoms with Crippen LogP contribution in [0.15, 0.2) is 108 Å². The molecule has 1 unspecified atom stereocenters. The Labute approximate surface area is 199 Å². The summed E-state index contributed by atoms with van der Waals surface area (Å²) in [7, 11) is -3.82. The van der Waals surface area contributed by atoms with E-state index in [-0.39, 0.29) is 22.9 Å². The number of hydrogen-bond donors (Lipinski definition) is 2. The third-order valence-electron chi connectivity index (χ3n) is 5.50. The van der Waals surface area contributed by atoms with Crippen molar-refractivity contribution in [2.24, 2.45) is 0 Å². The minimum Gasteiger partial charge on any atom is -0.341 e. The van der Waals surface area contributed by atoms with Crippen molar-refractivity contribution < 1.29 is 13.2 Å². The second-order valence-electron chi connectivity index (χ2n) is 7.89. The van der Waals surface area contributed by atoms with Gasteiger partial charge in [0.05, 0.1) is 10.9 Å². The highest BCUT2D eigenvalue weighted by Crippen LogP contribution is 2.23. The van der Waals surface area contributed by atoms with Crippen LogP contribution in [0.3, 0.4) is 0 Å². The van der Waals surface area contributed by atoms with Crippen molar-refractivity contribution >= 4 is 15.9 Å². The summed E-state index contributed by atoms with van der Waals surface area (Å²) in [6.45, 7) is 1.87. The molecule has 4 aromatic rings. The molecule has 0 spiro atoms. The number of benzene rings is 3. The van der Waals surface area contributed by atoms with Crippen LogP contribution in [-0.2, 0) is 16.6 Å². The van der Waals surface area contributed by atoms with Crippen LogP contribution in [-0.4, -0.2) is 19.3 Å². The third kappa shape index (κ3) is 5.57. The molecule has 1 amide bonds. The molecule has 0 radical (unpaired) electrons. The number of nitrogens with zero attached hydrogens (tertiary/aromatic N) is 1. The fourth-order valence-electron chi connectivity index (χ4n) is 3.66. The number of hydrogen-bond acceptors (Lipinski definition) is 4. The smallest absolute Gasteiger partial charge is 0.252 e. The predicted molar refractivity (Wildman–Crippen MR) is 132 cm³/mol. The molecule has 3 aromatic carbocycles. The molecule has 34 heavy (non-hydrogen) atoms. The molecular formula is C27H25N3O3S. The van der Waals surface area contributed by atoms with Gasteiger partial charge in [-0.3, -0.25) is 9.78 Å². The summed E-state index contributed by atoms with van der Waals surface area (Å²) in [5.41, 5.74) is 3.46. The molecule has 1 atom stereocenters. The van der Waals surface area contributed by atoms with E-state index in [1.165, 1.54) is 6.07 Å². The largest absolute Gasteiger partial charge is 0.341 e. The molecule has 0 bridgehead atoms. The van der Waals surface area contributed by atoms with Gasteiger partial charge in [-0.15, -0.1) is 0 Å². The Hall–Kier alpha value is -3.81. The second-order valence-corrected chi connectivity index (χ2v) is 9.62. The van der Waals surface area contributed by atoms with E-state index in [1.54, 1.807) is 31.5 Å². The van der Waals surface area contributed by atoms with E-state index in [2.05, 4.69) is 15.0 Å². The summed E-state index contributed by atoms with van der Waals surface area (Å²) in [4.78, 5) is 17.4. The molecule has 1 heterocycles.